The lowest BCUT2D eigenvalue weighted by molar-refractivity contribution is 0.0696. The molecule has 0 fully saturated rings. The molecule has 2 aromatic rings. The average Bonchev–Trinajstić information content (AvgIpc) is 2.91. The molecule has 0 amide bonds. The highest BCUT2D eigenvalue weighted by atomic mass is 32.2. The van der Waals surface area contributed by atoms with Crippen LogP contribution in [0.3, 0.4) is 0 Å². The van der Waals surface area contributed by atoms with Crippen LogP contribution in [0.15, 0.2) is 47.6 Å². The Hall–Kier alpha value is -2.19. The van der Waals surface area contributed by atoms with Crippen molar-refractivity contribution < 1.29 is 22.7 Å². The average molecular weight is 312 g/mol. The van der Waals surface area contributed by atoms with Gasteiger partial charge in [0.05, 0.1) is 5.56 Å². The van der Waals surface area contributed by atoms with Crippen LogP contribution in [0.25, 0.3) is 0 Å². The Morgan fingerprint density at radius 1 is 1.29 bits per heavy atom. The largest absolute Gasteiger partial charge is 0.478 e. The number of sulfonamides is 1. The van der Waals surface area contributed by atoms with Gasteiger partial charge in [-0.1, -0.05) is 0 Å². The number of nitrogens with zero attached hydrogens (tertiary/aromatic N) is 1. The van der Waals surface area contributed by atoms with E-state index in [0.717, 1.165) is 18.2 Å². The minimum atomic E-state index is -4.10. The number of carboxylic acids is 1. The van der Waals surface area contributed by atoms with Crippen molar-refractivity contribution in [3.05, 3.63) is 54.1 Å². The number of benzene rings is 1. The summed E-state index contributed by atoms with van der Waals surface area (Å²) in [6.07, 6.45) is 3.53. The molecule has 112 valence electrons. The quantitative estimate of drug-likeness (QED) is 0.841. The van der Waals surface area contributed by atoms with E-state index in [1.807, 2.05) is 0 Å². The summed E-state index contributed by atoms with van der Waals surface area (Å²) in [5.74, 6) is -2.31. The molecule has 0 atom stereocenters. The van der Waals surface area contributed by atoms with Crippen molar-refractivity contribution in [2.24, 2.45) is 0 Å². The Labute approximate surface area is 120 Å². The third kappa shape index (κ3) is 3.67. The maximum Gasteiger partial charge on any atom is 0.335 e. The number of aromatic nitrogens is 1. The van der Waals surface area contributed by atoms with Gasteiger partial charge in [-0.25, -0.2) is 22.3 Å². The lowest BCUT2D eigenvalue weighted by atomic mass is 10.2. The van der Waals surface area contributed by atoms with E-state index in [-0.39, 0.29) is 12.1 Å². The lowest BCUT2D eigenvalue weighted by Crippen LogP contribution is -2.28. The number of carbonyl (C=O) groups is 1. The van der Waals surface area contributed by atoms with Gasteiger partial charge in [-0.05, 0) is 30.3 Å². The van der Waals surface area contributed by atoms with E-state index in [9.17, 15) is 17.6 Å². The van der Waals surface area contributed by atoms with Crippen molar-refractivity contribution in [1.82, 2.24) is 9.29 Å². The van der Waals surface area contributed by atoms with Gasteiger partial charge >= 0.3 is 5.97 Å². The highest BCUT2D eigenvalue weighted by molar-refractivity contribution is 7.89. The van der Waals surface area contributed by atoms with Gasteiger partial charge in [-0.3, -0.25) is 0 Å². The molecule has 1 heterocycles. The van der Waals surface area contributed by atoms with Crippen molar-refractivity contribution in [1.29, 1.82) is 0 Å². The molecule has 2 rings (SSSR count). The molecule has 0 radical (unpaired) electrons. The van der Waals surface area contributed by atoms with E-state index in [0.29, 0.717) is 6.54 Å². The van der Waals surface area contributed by atoms with E-state index in [1.54, 1.807) is 29.1 Å². The first-order chi connectivity index (χ1) is 9.90. The van der Waals surface area contributed by atoms with Crippen molar-refractivity contribution >= 4 is 16.0 Å². The molecule has 8 heteroatoms. The number of hydrogen-bond donors (Lipinski definition) is 2. The number of aromatic carboxylic acids is 1. The number of nitrogens with one attached hydrogen (secondary N) is 1. The van der Waals surface area contributed by atoms with Gasteiger partial charge in [0, 0.05) is 25.5 Å². The first kappa shape index (κ1) is 15.2. The molecule has 0 saturated carbocycles. The van der Waals surface area contributed by atoms with Gasteiger partial charge in [0.2, 0.25) is 10.0 Å². The molecule has 0 spiro atoms. The van der Waals surface area contributed by atoms with Crippen LogP contribution in [0.5, 0.6) is 0 Å². The summed E-state index contributed by atoms with van der Waals surface area (Å²) < 4.78 is 41.6. The standard InChI is InChI=1S/C13H13FN2O4S/c14-11-4-3-10(13(17)18)9-12(11)21(19,20)15-5-8-16-6-1-2-7-16/h1-4,6-7,9,15H,5,8H2,(H,17,18). The van der Waals surface area contributed by atoms with Crippen LogP contribution >= 0.6 is 0 Å². The Balaban J connectivity index is 2.15. The maximum absolute atomic E-state index is 13.6. The zero-order valence-corrected chi connectivity index (χ0v) is 11.7. The molecule has 1 aromatic heterocycles. The molecule has 0 saturated heterocycles. The molecule has 1 aromatic carbocycles. The van der Waals surface area contributed by atoms with Gasteiger partial charge in [0.15, 0.2) is 0 Å². The molecule has 2 N–H and O–H groups in total. The second-order valence-electron chi connectivity index (χ2n) is 4.27. The number of rotatable bonds is 6. The fourth-order valence-corrected chi connectivity index (χ4v) is 2.87. The summed E-state index contributed by atoms with van der Waals surface area (Å²) in [6, 6.07) is 6.23. The van der Waals surface area contributed by atoms with Gasteiger partial charge in [0.25, 0.3) is 0 Å². The van der Waals surface area contributed by atoms with E-state index in [4.69, 9.17) is 5.11 Å². The fraction of sp³-hybridized carbons (Fsp3) is 0.154. The van der Waals surface area contributed by atoms with Gasteiger partial charge in [-0.2, -0.15) is 0 Å². The molecule has 0 unspecified atom stereocenters. The molecule has 0 bridgehead atoms. The zero-order chi connectivity index (χ0) is 15.5. The summed E-state index contributed by atoms with van der Waals surface area (Å²) in [5, 5.41) is 8.83. The van der Waals surface area contributed by atoms with Crippen LogP contribution in [0.2, 0.25) is 0 Å². The summed E-state index contributed by atoms with van der Waals surface area (Å²) >= 11 is 0. The second-order valence-corrected chi connectivity index (χ2v) is 6.00. The number of carboxylic acid groups (broad SMARTS) is 1. The summed E-state index contributed by atoms with van der Waals surface area (Å²) in [4.78, 5) is 10.1. The fourth-order valence-electron chi connectivity index (χ4n) is 1.75. The number of hydrogen-bond acceptors (Lipinski definition) is 3. The molecular weight excluding hydrogens is 299 g/mol. The van der Waals surface area contributed by atoms with Crippen molar-refractivity contribution in [3.8, 4) is 0 Å². The molecule has 21 heavy (non-hydrogen) atoms. The predicted molar refractivity (Wildman–Crippen MR) is 73.0 cm³/mol. The van der Waals surface area contributed by atoms with Crippen LogP contribution in [0.4, 0.5) is 4.39 Å². The third-order valence-electron chi connectivity index (χ3n) is 2.80. The van der Waals surface area contributed by atoms with E-state index >= 15 is 0 Å². The van der Waals surface area contributed by atoms with Crippen molar-refractivity contribution in [3.63, 3.8) is 0 Å². The number of halogens is 1. The van der Waals surface area contributed by atoms with Crippen LogP contribution in [0, 0.1) is 5.82 Å². The maximum atomic E-state index is 13.6. The Kier molecular flexibility index (Phi) is 4.39. The Morgan fingerprint density at radius 3 is 2.57 bits per heavy atom. The molecular formula is C13H13FN2O4S. The molecule has 6 nitrogen and oxygen atoms in total. The summed E-state index contributed by atoms with van der Waals surface area (Å²) in [7, 11) is -4.10. The van der Waals surface area contributed by atoms with Gasteiger partial charge in [-0.15, -0.1) is 0 Å². The lowest BCUT2D eigenvalue weighted by Gasteiger charge is -2.09. The minimum absolute atomic E-state index is 0.0632. The SMILES string of the molecule is O=C(O)c1ccc(F)c(S(=O)(=O)NCCn2cccc2)c1. The van der Waals surface area contributed by atoms with Crippen LogP contribution in [0.1, 0.15) is 10.4 Å². The van der Waals surface area contributed by atoms with Gasteiger partial charge in [0.1, 0.15) is 10.7 Å². The highest BCUT2D eigenvalue weighted by Gasteiger charge is 2.20. The Bertz CT molecular complexity index is 742. The first-order valence-corrected chi connectivity index (χ1v) is 7.52. The smallest absolute Gasteiger partial charge is 0.335 e. The molecule has 0 aliphatic rings. The zero-order valence-electron chi connectivity index (χ0n) is 10.9. The second kappa shape index (κ2) is 6.06. The Morgan fingerprint density at radius 2 is 1.95 bits per heavy atom. The summed E-state index contributed by atoms with van der Waals surface area (Å²) in [6.45, 7) is 0.445. The third-order valence-corrected chi connectivity index (χ3v) is 4.27. The molecule has 0 aliphatic carbocycles. The van der Waals surface area contributed by atoms with Crippen LogP contribution in [-0.4, -0.2) is 30.6 Å². The minimum Gasteiger partial charge on any atom is -0.478 e. The molecule has 0 aliphatic heterocycles. The van der Waals surface area contributed by atoms with Crippen LogP contribution < -0.4 is 4.72 Å². The normalized spacial score (nSPS) is 11.5. The van der Waals surface area contributed by atoms with Crippen molar-refractivity contribution in [2.45, 2.75) is 11.4 Å². The van der Waals surface area contributed by atoms with Crippen LogP contribution in [-0.2, 0) is 16.6 Å². The monoisotopic (exact) mass is 312 g/mol. The predicted octanol–water partition coefficient (Wildman–Crippen LogP) is 1.30. The van der Waals surface area contributed by atoms with E-state index < -0.39 is 26.7 Å². The summed E-state index contributed by atoms with van der Waals surface area (Å²) in [5.41, 5.74) is -0.290. The topological polar surface area (TPSA) is 88.4 Å². The highest BCUT2D eigenvalue weighted by Crippen LogP contribution is 2.16. The van der Waals surface area contributed by atoms with E-state index in [1.165, 1.54) is 0 Å². The van der Waals surface area contributed by atoms with Gasteiger partial charge < -0.3 is 9.67 Å². The first-order valence-electron chi connectivity index (χ1n) is 6.03. The van der Waals surface area contributed by atoms with E-state index in [2.05, 4.69) is 4.72 Å². The van der Waals surface area contributed by atoms with Crippen molar-refractivity contribution in [2.75, 3.05) is 6.54 Å².